The van der Waals surface area contributed by atoms with E-state index in [1.807, 2.05) is 25.1 Å². The number of amides is 1. The third-order valence-corrected chi connectivity index (χ3v) is 7.02. The van der Waals surface area contributed by atoms with E-state index in [0.717, 1.165) is 27.4 Å². The Morgan fingerprint density at radius 1 is 1.31 bits per heavy atom. The fraction of sp³-hybridized carbons (Fsp3) is 0.412. The van der Waals surface area contributed by atoms with Crippen LogP contribution in [0.3, 0.4) is 0 Å². The summed E-state index contributed by atoms with van der Waals surface area (Å²) >= 11 is 4.82. The summed E-state index contributed by atoms with van der Waals surface area (Å²) in [6, 6.07) is 8.15. The second kappa shape index (κ2) is 8.41. The molecule has 0 saturated heterocycles. The van der Waals surface area contributed by atoms with Crippen LogP contribution in [0.25, 0.3) is 10.2 Å². The van der Waals surface area contributed by atoms with Crippen LogP contribution in [0.4, 0.5) is 0 Å². The van der Waals surface area contributed by atoms with Crippen LogP contribution in [0.15, 0.2) is 33.8 Å². The highest BCUT2D eigenvalue weighted by atomic mass is 32.2. The van der Waals surface area contributed by atoms with E-state index in [-0.39, 0.29) is 11.2 Å². The monoisotopic (exact) mass is 407 g/mol. The van der Waals surface area contributed by atoms with Gasteiger partial charge in [-0.3, -0.25) is 4.79 Å². The molecule has 2 heterocycles. The number of para-hydroxylation sites is 1. The first-order chi connectivity index (χ1) is 12.5. The molecule has 2 aromatic heterocycles. The molecule has 0 bridgehead atoms. The standard InChI is InChI=1S/C17H21N5OS3/c1-5-22-14(19-20-16(22)25-11(2)15(23)21(3)4)10-24-17-18-12-8-6-7-9-13(12)26-17/h6-9,11H,5,10H2,1-4H3/t11-/m1/s1. The van der Waals surface area contributed by atoms with Crippen LogP contribution < -0.4 is 0 Å². The average molecular weight is 408 g/mol. The minimum Gasteiger partial charge on any atom is -0.348 e. The molecule has 1 amide bonds. The summed E-state index contributed by atoms with van der Waals surface area (Å²) in [4.78, 5) is 18.3. The Morgan fingerprint density at radius 3 is 2.77 bits per heavy atom. The molecule has 0 spiro atoms. The van der Waals surface area contributed by atoms with Crippen molar-refractivity contribution in [3.05, 3.63) is 30.1 Å². The van der Waals surface area contributed by atoms with Gasteiger partial charge in [-0.1, -0.05) is 35.7 Å². The zero-order chi connectivity index (χ0) is 18.7. The first-order valence-corrected chi connectivity index (χ1v) is 11.0. The zero-order valence-electron chi connectivity index (χ0n) is 15.2. The molecule has 9 heteroatoms. The summed E-state index contributed by atoms with van der Waals surface area (Å²) in [5.74, 6) is 1.69. The topological polar surface area (TPSA) is 63.9 Å². The highest BCUT2D eigenvalue weighted by molar-refractivity contribution is 8.00. The van der Waals surface area contributed by atoms with Gasteiger partial charge < -0.3 is 9.47 Å². The van der Waals surface area contributed by atoms with Gasteiger partial charge in [-0.25, -0.2) is 4.98 Å². The van der Waals surface area contributed by atoms with Crippen molar-refractivity contribution in [3.63, 3.8) is 0 Å². The van der Waals surface area contributed by atoms with Gasteiger partial charge in [0.15, 0.2) is 9.50 Å². The number of carbonyl (C=O) groups excluding carboxylic acids is 1. The first-order valence-electron chi connectivity index (χ1n) is 8.27. The van der Waals surface area contributed by atoms with Gasteiger partial charge in [0.25, 0.3) is 0 Å². The predicted octanol–water partition coefficient (Wildman–Crippen LogP) is 3.77. The average Bonchev–Trinajstić information content (AvgIpc) is 3.21. The van der Waals surface area contributed by atoms with Gasteiger partial charge in [0.05, 0.1) is 21.2 Å². The van der Waals surface area contributed by atoms with Gasteiger partial charge in [-0.05, 0) is 26.0 Å². The summed E-state index contributed by atoms with van der Waals surface area (Å²) in [7, 11) is 3.54. The number of hydrogen-bond donors (Lipinski definition) is 0. The molecule has 0 radical (unpaired) electrons. The van der Waals surface area contributed by atoms with Crippen molar-refractivity contribution >= 4 is 51.0 Å². The lowest BCUT2D eigenvalue weighted by Crippen LogP contribution is -2.29. The van der Waals surface area contributed by atoms with Crippen molar-refractivity contribution in [2.75, 3.05) is 14.1 Å². The van der Waals surface area contributed by atoms with Crippen LogP contribution in [0.2, 0.25) is 0 Å². The highest BCUT2D eigenvalue weighted by Crippen LogP contribution is 2.32. The minimum absolute atomic E-state index is 0.0750. The number of benzene rings is 1. The van der Waals surface area contributed by atoms with E-state index < -0.39 is 0 Å². The fourth-order valence-corrected chi connectivity index (χ4v) is 5.53. The number of nitrogens with zero attached hydrogens (tertiary/aromatic N) is 5. The maximum Gasteiger partial charge on any atom is 0.235 e. The molecule has 1 aromatic carbocycles. The summed E-state index contributed by atoms with van der Waals surface area (Å²) in [6.45, 7) is 4.74. The van der Waals surface area contributed by atoms with Crippen LogP contribution >= 0.6 is 34.9 Å². The van der Waals surface area contributed by atoms with E-state index in [2.05, 4.69) is 32.7 Å². The van der Waals surface area contributed by atoms with Crippen molar-refractivity contribution in [1.82, 2.24) is 24.6 Å². The van der Waals surface area contributed by atoms with Gasteiger partial charge >= 0.3 is 0 Å². The molecule has 1 atom stereocenters. The van der Waals surface area contributed by atoms with Gasteiger partial charge in [-0.15, -0.1) is 21.5 Å². The smallest absolute Gasteiger partial charge is 0.235 e. The second-order valence-electron chi connectivity index (χ2n) is 5.87. The Hall–Kier alpha value is -1.58. The maximum absolute atomic E-state index is 12.1. The maximum atomic E-state index is 12.1. The van der Waals surface area contributed by atoms with Crippen molar-refractivity contribution < 1.29 is 4.79 Å². The largest absolute Gasteiger partial charge is 0.348 e. The molecule has 0 aliphatic heterocycles. The fourth-order valence-electron chi connectivity index (χ4n) is 2.44. The summed E-state index contributed by atoms with van der Waals surface area (Å²) < 4.78 is 4.30. The molecule has 0 unspecified atom stereocenters. The van der Waals surface area contributed by atoms with Crippen LogP contribution in [0.5, 0.6) is 0 Å². The lowest BCUT2D eigenvalue weighted by atomic mass is 10.3. The van der Waals surface area contributed by atoms with E-state index in [1.165, 1.54) is 16.5 Å². The van der Waals surface area contributed by atoms with Gasteiger partial charge in [0, 0.05) is 20.6 Å². The lowest BCUT2D eigenvalue weighted by Gasteiger charge is -2.16. The van der Waals surface area contributed by atoms with Gasteiger partial charge in [0.2, 0.25) is 5.91 Å². The molecule has 0 N–H and O–H groups in total. The number of thiazole rings is 1. The minimum atomic E-state index is -0.190. The molecule has 3 rings (SSSR count). The molecule has 26 heavy (non-hydrogen) atoms. The Kier molecular flexibility index (Phi) is 6.20. The van der Waals surface area contributed by atoms with Gasteiger partial charge in [-0.2, -0.15) is 0 Å². The highest BCUT2D eigenvalue weighted by Gasteiger charge is 2.21. The van der Waals surface area contributed by atoms with E-state index >= 15 is 0 Å². The second-order valence-corrected chi connectivity index (χ2v) is 9.43. The summed E-state index contributed by atoms with van der Waals surface area (Å²) in [5, 5.41) is 9.23. The first kappa shape index (κ1) is 19.2. The zero-order valence-corrected chi connectivity index (χ0v) is 17.6. The Labute approximate surface area is 165 Å². The molecule has 0 aliphatic rings. The third kappa shape index (κ3) is 4.21. The Morgan fingerprint density at radius 2 is 2.08 bits per heavy atom. The van der Waals surface area contributed by atoms with E-state index in [0.29, 0.717) is 5.75 Å². The SMILES string of the molecule is CCn1c(CSc2nc3ccccc3s2)nnc1S[C@H](C)C(=O)N(C)C. The quantitative estimate of drug-likeness (QED) is 0.556. The van der Waals surface area contributed by atoms with Crippen molar-refractivity contribution in [2.45, 2.75) is 40.9 Å². The number of thioether (sulfide) groups is 2. The summed E-state index contributed by atoms with van der Waals surface area (Å²) in [6.07, 6.45) is 0. The molecule has 6 nitrogen and oxygen atoms in total. The number of rotatable bonds is 7. The van der Waals surface area contributed by atoms with E-state index in [1.54, 1.807) is 42.1 Å². The number of fused-ring (bicyclic) bond motifs is 1. The van der Waals surface area contributed by atoms with Crippen molar-refractivity contribution in [1.29, 1.82) is 0 Å². The summed E-state index contributed by atoms with van der Waals surface area (Å²) in [5.41, 5.74) is 1.03. The van der Waals surface area contributed by atoms with E-state index in [4.69, 9.17) is 0 Å². The van der Waals surface area contributed by atoms with Crippen LogP contribution in [0.1, 0.15) is 19.7 Å². The van der Waals surface area contributed by atoms with Crippen LogP contribution in [-0.4, -0.2) is 49.9 Å². The molecule has 138 valence electrons. The number of aromatic nitrogens is 4. The predicted molar refractivity (Wildman–Crippen MR) is 109 cm³/mol. The molecule has 0 saturated carbocycles. The number of hydrogen-bond acceptors (Lipinski definition) is 7. The lowest BCUT2D eigenvalue weighted by molar-refractivity contribution is -0.127. The molecular formula is C17H21N5OS3. The van der Waals surface area contributed by atoms with Crippen molar-refractivity contribution in [3.8, 4) is 0 Å². The van der Waals surface area contributed by atoms with Crippen molar-refractivity contribution in [2.24, 2.45) is 0 Å². The molecule has 0 fully saturated rings. The molecule has 3 aromatic rings. The van der Waals surface area contributed by atoms with Crippen LogP contribution in [-0.2, 0) is 17.1 Å². The van der Waals surface area contributed by atoms with Crippen LogP contribution in [0, 0.1) is 0 Å². The van der Waals surface area contributed by atoms with E-state index in [9.17, 15) is 4.79 Å². The Balaban J connectivity index is 1.70. The Bertz CT molecular complexity index is 872. The third-order valence-electron chi connectivity index (χ3n) is 3.78. The van der Waals surface area contributed by atoms with Gasteiger partial charge in [0.1, 0.15) is 5.82 Å². The number of carbonyl (C=O) groups is 1. The molecule has 0 aliphatic carbocycles. The normalized spacial score (nSPS) is 12.5. The molecular weight excluding hydrogens is 386 g/mol.